The number of anilines is 2. The SMILES string of the molecule is c1ccc2oc(-c3ccc(Nc4ccc(-c5ccc(-c6cccc7ccccc67)cc5)cc4)cc3)cc2c1. The molecule has 0 aliphatic heterocycles. The third kappa shape index (κ3) is 4.23. The zero-order valence-electron chi connectivity index (χ0n) is 20.8. The van der Waals surface area contributed by atoms with Gasteiger partial charge >= 0.3 is 0 Å². The maximum atomic E-state index is 6.00. The minimum Gasteiger partial charge on any atom is -0.456 e. The molecule has 1 N–H and O–H groups in total. The maximum absolute atomic E-state index is 6.00. The lowest BCUT2D eigenvalue weighted by Gasteiger charge is -2.10. The maximum Gasteiger partial charge on any atom is 0.135 e. The molecule has 2 nitrogen and oxygen atoms in total. The number of nitrogens with one attached hydrogen (secondary N) is 1. The van der Waals surface area contributed by atoms with E-state index in [0.717, 1.165) is 33.7 Å². The Kier molecular flexibility index (Phi) is 5.49. The van der Waals surface area contributed by atoms with Crippen LogP contribution in [0.3, 0.4) is 0 Å². The first-order valence-corrected chi connectivity index (χ1v) is 12.8. The van der Waals surface area contributed by atoms with Gasteiger partial charge in [0.15, 0.2) is 0 Å². The number of hydrogen-bond donors (Lipinski definition) is 1. The summed E-state index contributed by atoms with van der Waals surface area (Å²) in [4.78, 5) is 0. The highest BCUT2D eigenvalue weighted by Gasteiger charge is 2.07. The molecule has 0 fully saturated rings. The molecule has 38 heavy (non-hydrogen) atoms. The van der Waals surface area contributed by atoms with E-state index in [1.54, 1.807) is 0 Å². The monoisotopic (exact) mass is 487 g/mol. The van der Waals surface area contributed by atoms with Gasteiger partial charge < -0.3 is 9.73 Å². The Bertz CT molecular complexity index is 1820. The van der Waals surface area contributed by atoms with Crippen LogP contribution in [-0.2, 0) is 0 Å². The quantitative estimate of drug-likeness (QED) is 0.261. The van der Waals surface area contributed by atoms with Gasteiger partial charge in [-0.1, -0.05) is 97.1 Å². The molecule has 0 aliphatic rings. The average molecular weight is 488 g/mol. The van der Waals surface area contributed by atoms with Gasteiger partial charge in [0.2, 0.25) is 0 Å². The molecule has 0 spiro atoms. The Hall–Kier alpha value is -5.08. The third-order valence-electron chi connectivity index (χ3n) is 7.09. The zero-order chi connectivity index (χ0) is 25.3. The van der Waals surface area contributed by atoms with Crippen LogP contribution >= 0.6 is 0 Å². The molecule has 0 atom stereocenters. The minimum absolute atomic E-state index is 0.883. The predicted molar refractivity (Wildman–Crippen MR) is 160 cm³/mol. The molecule has 0 radical (unpaired) electrons. The fraction of sp³-hybridized carbons (Fsp3) is 0. The first-order chi connectivity index (χ1) is 18.8. The predicted octanol–water partition coefficient (Wildman–Crippen LogP) is 10.3. The normalized spacial score (nSPS) is 11.2. The van der Waals surface area contributed by atoms with Gasteiger partial charge in [0.1, 0.15) is 11.3 Å². The summed E-state index contributed by atoms with van der Waals surface area (Å²) in [5, 5.41) is 7.17. The van der Waals surface area contributed by atoms with E-state index >= 15 is 0 Å². The Morgan fingerprint density at radius 1 is 0.421 bits per heavy atom. The van der Waals surface area contributed by atoms with E-state index in [1.165, 1.54) is 33.0 Å². The van der Waals surface area contributed by atoms with Crippen LogP contribution in [0.15, 0.2) is 150 Å². The van der Waals surface area contributed by atoms with E-state index in [1.807, 2.05) is 18.2 Å². The van der Waals surface area contributed by atoms with Crippen LogP contribution in [0, 0.1) is 0 Å². The topological polar surface area (TPSA) is 25.2 Å². The average Bonchev–Trinajstić information content (AvgIpc) is 3.42. The summed E-state index contributed by atoms with van der Waals surface area (Å²) in [6.45, 7) is 0. The van der Waals surface area contributed by atoms with E-state index in [9.17, 15) is 0 Å². The Morgan fingerprint density at radius 2 is 0.974 bits per heavy atom. The van der Waals surface area contributed by atoms with Gasteiger partial charge in [-0.3, -0.25) is 0 Å². The van der Waals surface area contributed by atoms with Crippen LogP contribution < -0.4 is 5.32 Å². The molecular formula is C36H25NO. The molecule has 1 aromatic heterocycles. The highest BCUT2D eigenvalue weighted by molar-refractivity contribution is 5.96. The van der Waals surface area contributed by atoms with Crippen molar-refractivity contribution in [2.45, 2.75) is 0 Å². The molecule has 0 saturated carbocycles. The molecule has 180 valence electrons. The van der Waals surface area contributed by atoms with Crippen LogP contribution in [0.5, 0.6) is 0 Å². The number of para-hydroxylation sites is 1. The second kappa shape index (κ2) is 9.42. The summed E-state index contributed by atoms with van der Waals surface area (Å²) >= 11 is 0. The number of rotatable bonds is 5. The van der Waals surface area contributed by atoms with E-state index in [-0.39, 0.29) is 0 Å². The number of furan rings is 1. The second-order valence-electron chi connectivity index (χ2n) is 9.53. The number of fused-ring (bicyclic) bond motifs is 2. The molecule has 1 heterocycles. The highest BCUT2D eigenvalue weighted by atomic mass is 16.3. The van der Waals surface area contributed by atoms with Crippen molar-refractivity contribution in [2.75, 3.05) is 5.32 Å². The van der Waals surface area contributed by atoms with E-state index in [0.29, 0.717) is 0 Å². The van der Waals surface area contributed by atoms with Gasteiger partial charge in [0.05, 0.1) is 0 Å². The van der Waals surface area contributed by atoms with Gasteiger partial charge in [0.25, 0.3) is 0 Å². The van der Waals surface area contributed by atoms with E-state index < -0.39 is 0 Å². The minimum atomic E-state index is 0.883. The highest BCUT2D eigenvalue weighted by Crippen LogP contribution is 2.32. The van der Waals surface area contributed by atoms with Crippen LogP contribution in [0.25, 0.3) is 55.3 Å². The molecule has 0 amide bonds. The lowest BCUT2D eigenvalue weighted by atomic mass is 9.96. The smallest absolute Gasteiger partial charge is 0.135 e. The third-order valence-corrected chi connectivity index (χ3v) is 7.09. The molecule has 0 bridgehead atoms. The van der Waals surface area contributed by atoms with Gasteiger partial charge in [-0.05, 0) is 81.6 Å². The zero-order valence-corrected chi connectivity index (χ0v) is 20.8. The Balaban J connectivity index is 1.06. The summed E-state index contributed by atoms with van der Waals surface area (Å²) in [7, 11) is 0. The summed E-state index contributed by atoms with van der Waals surface area (Å²) < 4.78 is 6.00. The van der Waals surface area contributed by atoms with Crippen molar-refractivity contribution in [3.05, 3.63) is 146 Å². The molecular weight excluding hydrogens is 462 g/mol. The summed E-state index contributed by atoms with van der Waals surface area (Å²) in [6, 6.07) is 51.0. The fourth-order valence-corrected chi connectivity index (χ4v) is 5.07. The summed E-state index contributed by atoms with van der Waals surface area (Å²) in [5.74, 6) is 0.883. The van der Waals surface area contributed by atoms with Crippen LogP contribution in [0.4, 0.5) is 11.4 Å². The molecule has 2 heteroatoms. The van der Waals surface area contributed by atoms with Crippen LogP contribution in [-0.4, -0.2) is 0 Å². The van der Waals surface area contributed by atoms with E-state index in [2.05, 4.69) is 133 Å². The first kappa shape index (κ1) is 22.1. The standard InChI is InChI=1S/C36H25NO/c1-3-9-33-27(6-1)8-5-10-34(33)28-14-12-25(13-15-28)26-16-20-31(21-17-26)37-32-22-18-29(19-23-32)36-24-30-7-2-4-11-35(30)38-36/h1-24,37H. The second-order valence-corrected chi connectivity index (χ2v) is 9.53. The van der Waals surface area contributed by atoms with Crippen molar-refractivity contribution in [1.29, 1.82) is 0 Å². The lowest BCUT2D eigenvalue weighted by molar-refractivity contribution is 0.631. The summed E-state index contributed by atoms with van der Waals surface area (Å²) in [5.41, 5.74) is 8.96. The van der Waals surface area contributed by atoms with Crippen molar-refractivity contribution < 1.29 is 4.42 Å². The molecule has 0 saturated heterocycles. The number of hydrogen-bond acceptors (Lipinski definition) is 2. The van der Waals surface area contributed by atoms with Gasteiger partial charge in [-0.25, -0.2) is 0 Å². The number of benzene rings is 6. The van der Waals surface area contributed by atoms with Gasteiger partial charge in [0, 0.05) is 22.3 Å². The van der Waals surface area contributed by atoms with Crippen molar-refractivity contribution in [3.63, 3.8) is 0 Å². The molecule has 6 aromatic carbocycles. The Labute approximate surface area is 221 Å². The van der Waals surface area contributed by atoms with Crippen molar-refractivity contribution in [2.24, 2.45) is 0 Å². The molecule has 7 aromatic rings. The first-order valence-electron chi connectivity index (χ1n) is 12.8. The van der Waals surface area contributed by atoms with Crippen molar-refractivity contribution in [3.8, 4) is 33.6 Å². The molecule has 0 unspecified atom stereocenters. The van der Waals surface area contributed by atoms with Crippen molar-refractivity contribution >= 4 is 33.1 Å². The van der Waals surface area contributed by atoms with Gasteiger partial charge in [-0.2, -0.15) is 0 Å². The van der Waals surface area contributed by atoms with Crippen LogP contribution in [0.2, 0.25) is 0 Å². The van der Waals surface area contributed by atoms with Crippen LogP contribution in [0.1, 0.15) is 0 Å². The lowest BCUT2D eigenvalue weighted by Crippen LogP contribution is -1.90. The van der Waals surface area contributed by atoms with E-state index in [4.69, 9.17) is 4.42 Å². The fourth-order valence-electron chi connectivity index (χ4n) is 5.07. The Morgan fingerprint density at radius 3 is 1.68 bits per heavy atom. The molecule has 0 aliphatic carbocycles. The molecule has 7 rings (SSSR count). The largest absolute Gasteiger partial charge is 0.456 e. The van der Waals surface area contributed by atoms with Gasteiger partial charge in [-0.15, -0.1) is 0 Å². The summed E-state index contributed by atoms with van der Waals surface area (Å²) in [6.07, 6.45) is 0. The van der Waals surface area contributed by atoms with Crippen molar-refractivity contribution in [1.82, 2.24) is 0 Å².